The average Bonchev–Trinajstić information content (AvgIpc) is 2.02. The first-order valence-electron chi connectivity index (χ1n) is 4.55. The van der Waals surface area contributed by atoms with Crippen molar-refractivity contribution in [2.75, 3.05) is 13.1 Å². The molecule has 1 aliphatic rings. The predicted molar refractivity (Wildman–Crippen MR) is 51.9 cm³/mol. The fraction of sp³-hybridized carbons (Fsp3) is 0.875. The summed E-state index contributed by atoms with van der Waals surface area (Å²) in [5.74, 6) is 0.0512. The minimum atomic E-state index is -2.23. The summed E-state index contributed by atoms with van der Waals surface area (Å²) in [6, 6.07) is 0. The Morgan fingerprint density at radius 2 is 2.00 bits per heavy atom. The zero-order valence-electron chi connectivity index (χ0n) is 8.41. The molecule has 1 fully saturated rings. The average molecular weight is 219 g/mol. The van der Waals surface area contributed by atoms with Crippen molar-refractivity contribution in [3.05, 3.63) is 0 Å². The summed E-state index contributed by atoms with van der Waals surface area (Å²) < 4.78 is 23.5. The smallest absolute Gasteiger partial charge is 0.219 e. The molecule has 0 aromatic carbocycles. The molecule has 1 aliphatic heterocycles. The van der Waals surface area contributed by atoms with E-state index in [2.05, 4.69) is 4.72 Å². The van der Waals surface area contributed by atoms with E-state index >= 15 is 0 Å². The molecule has 1 atom stereocenters. The number of amides is 1. The molecule has 0 spiro atoms. The third-order valence-electron chi connectivity index (χ3n) is 2.64. The summed E-state index contributed by atoms with van der Waals surface area (Å²) in [4.78, 5) is 12.7. The van der Waals surface area contributed by atoms with Crippen LogP contribution >= 0.6 is 0 Å². The van der Waals surface area contributed by atoms with E-state index in [1.54, 1.807) is 4.90 Å². The second-order valence-corrected chi connectivity index (χ2v) is 4.58. The fourth-order valence-corrected chi connectivity index (χ4v) is 2.22. The number of piperidine rings is 1. The van der Waals surface area contributed by atoms with Gasteiger partial charge in [0.25, 0.3) is 0 Å². The fourth-order valence-electron chi connectivity index (χ4n) is 1.62. The third-order valence-corrected chi connectivity index (χ3v) is 3.30. The van der Waals surface area contributed by atoms with Crippen molar-refractivity contribution >= 4 is 17.2 Å². The van der Waals surface area contributed by atoms with Gasteiger partial charge in [-0.05, 0) is 19.8 Å². The van der Waals surface area contributed by atoms with Crippen LogP contribution in [0.25, 0.3) is 0 Å². The van der Waals surface area contributed by atoms with Crippen molar-refractivity contribution in [2.24, 2.45) is 0 Å². The molecule has 1 rings (SSSR count). The molecule has 0 bridgehead atoms. The minimum Gasteiger partial charge on any atom is -0.760 e. The van der Waals surface area contributed by atoms with Crippen LogP contribution in [0, 0.1) is 0 Å². The van der Waals surface area contributed by atoms with Gasteiger partial charge < -0.3 is 9.45 Å². The maximum atomic E-state index is 11.0. The summed E-state index contributed by atoms with van der Waals surface area (Å²) in [5.41, 5.74) is -0.390. The molecule has 0 aromatic heterocycles. The number of rotatable bonds is 2. The van der Waals surface area contributed by atoms with Crippen LogP contribution in [-0.2, 0) is 16.1 Å². The quantitative estimate of drug-likeness (QED) is 0.652. The van der Waals surface area contributed by atoms with Crippen LogP contribution in [0.3, 0.4) is 0 Å². The van der Waals surface area contributed by atoms with Crippen molar-refractivity contribution in [2.45, 2.75) is 32.2 Å². The molecule has 1 N–H and O–H groups in total. The number of carbonyl (C=O) groups excluding carboxylic acids is 1. The molecule has 1 amide bonds. The second kappa shape index (κ2) is 4.37. The Kier molecular flexibility index (Phi) is 3.63. The Balaban J connectivity index is 2.48. The molecule has 14 heavy (non-hydrogen) atoms. The summed E-state index contributed by atoms with van der Waals surface area (Å²) in [7, 11) is 0. The molecule has 0 aromatic rings. The molecule has 1 heterocycles. The van der Waals surface area contributed by atoms with E-state index < -0.39 is 16.8 Å². The number of hydrogen-bond donors (Lipinski definition) is 1. The van der Waals surface area contributed by atoms with Gasteiger partial charge in [0, 0.05) is 36.8 Å². The Hall–Kier alpha value is -0.460. The lowest BCUT2D eigenvalue weighted by atomic mass is 9.91. The summed E-state index contributed by atoms with van der Waals surface area (Å²) in [6.07, 6.45) is 1.33. The van der Waals surface area contributed by atoms with Crippen LogP contribution in [0.2, 0.25) is 0 Å². The van der Waals surface area contributed by atoms with Crippen LogP contribution in [0.15, 0.2) is 0 Å². The molecule has 0 saturated carbocycles. The number of carbonyl (C=O) groups is 1. The Bertz CT molecular complexity index is 249. The largest absolute Gasteiger partial charge is 0.760 e. The van der Waals surface area contributed by atoms with E-state index in [9.17, 15) is 13.6 Å². The first kappa shape index (κ1) is 11.6. The summed E-state index contributed by atoms with van der Waals surface area (Å²) >= 11 is -2.23. The van der Waals surface area contributed by atoms with Crippen molar-refractivity contribution in [3.8, 4) is 0 Å². The lowest BCUT2D eigenvalue weighted by Crippen LogP contribution is -2.52. The molecular formula is C8H15N2O3S-. The van der Waals surface area contributed by atoms with Gasteiger partial charge in [-0.1, -0.05) is 0 Å². The Labute approximate surface area is 86.3 Å². The summed E-state index contributed by atoms with van der Waals surface area (Å²) in [5, 5.41) is 0. The predicted octanol–water partition coefficient (Wildman–Crippen LogP) is -0.229. The van der Waals surface area contributed by atoms with Gasteiger partial charge in [0.15, 0.2) is 0 Å². The first-order valence-corrected chi connectivity index (χ1v) is 5.63. The summed E-state index contributed by atoms with van der Waals surface area (Å²) in [6.45, 7) is 4.63. The number of likely N-dealkylation sites (tertiary alicyclic amines) is 1. The standard InChI is InChI=1S/C8H16N2O3S/c1-7(11)10-5-3-8(2,4-6-10)9-14(12)13/h9H,3-6H2,1-2H3,(H,12,13)/p-1. The molecule has 82 valence electrons. The van der Waals surface area contributed by atoms with Crippen molar-refractivity contribution < 1.29 is 13.6 Å². The lowest BCUT2D eigenvalue weighted by Gasteiger charge is -2.40. The van der Waals surface area contributed by atoms with E-state index in [-0.39, 0.29) is 5.91 Å². The highest BCUT2D eigenvalue weighted by Crippen LogP contribution is 2.21. The van der Waals surface area contributed by atoms with Gasteiger partial charge in [-0.25, -0.2) is 4.72 Å². The molecule has 0 aliphatic carbocycles. The first-order chi connectivity index (χ1) is 6.43. The third kappa shape index (κ3) is 3.04. The maximum absolute atomic E-state index is 11.0. The highest BCUT2D eigenvalue weighted by Gasteiger charge is 2.30. The van der Waals surface area contributed by atoms with Crippen LogP contribution in [0.1, 0.15) is 26.7 Å². The van der Waals surface area contributed by atoms with E-state index in [4.69, 9.17) is 0 Å². The van der Waals surface area contributed by atoms with Gasteiger partial charge in [-0.15, -0.1) is 0 Å². The monoisotopic (exact) mass is 219 g/mol. The Morgan fingerprint density at radius 1 is 1.50 bits per heavy atom. The van der Waals surface area contributed by atoms with Gasteiger partial charge in [0.1, 0.15) is 0 Å². The lowest BCUT2D eigenvalue weighted by molar-refractivity contribution is -0.130. The zero-order valence-corrected chi connectivity index (χ0v) is 9.23. The molecular weight excluding hydrogens is 204 g/mol. The van der Waals surface area contributed by atoms with Crippen LogP contribution in [0.5, 0.6) is 0 Å². The van der Waals surface area contributed by atoms with Gasteiger partial charge in [0.05, 0.1) is 0 Å². The van der Waals surface area contributed by atoms with Crippen LogP contribution in [-0.4, -0.2) is 38.2 Å². The number of nitrogens with one attached hydrogen (secondary N) is 1. The van der Waals surface area contributed by atoms with E-state index in [1.165, 1.54) is 6.92 Å². The second-order valence-electron chi connectivity index (χ2n) is 3.90. The molecule has 0 radical (unpaired) electrons. The topological polar surface area (TPSA) is 72.5 Å². The highest BCUT2D eigenvalue weighted by molar-refractivity contribution is 7.77. The minimum absolute atomic E-state index is 0.0512. The van der Waals surface area contributed by atoms with Gasteiger partial charge in [-0.3, -0.25) is 9.00 Å². The van der Waals surface area contributed by atoms with Gasteiger partial charge in [-0.2, -0.15) is 0 Å². The van der Waals surface area contributed by atoms with Crippen molar-refractivity contribution in [3.63, 3.8) is 0 Å². The zero-order chi connectivity index (χ0) is 10.8. The molecule has 1 saturated heterocycles. The molecule has 5 nitrogen and oxygen atoms in total. The van der Waals surface area contributed by atoms with Crippen LogP contribution in [0.4, 0.5) is 0 Å². The normalized spacial score (nSPS) is 23.2. The van der Waals surface area contributed by atoms with E-state index in [0.717, 1.165) is 0 Å². The van der Waals surface area contributed by atoms with E-state index in [1.807, 2.05) is 6.92 Å². The highest BCUT2D eigenvalue weighted by atomic mass is 32.2. The van der Waals surface area contributed by atoms with E-state index in [0.29, 0.717) is 25.9 Å². The van der Waals surface area contributed by atoms with Gasteiger partial charge in [0.2, 0.25) is 5.91 Å². The maximum Gasteiger partial charge on any atom is 0.219 e. The number of hydrogen-bond acceptors (Lipinski definition) is 3. The van der Waals surface area contributed by atoms with Crippen molar-refractivity contribution in [1.82, 2.24) is 9.62 Å². The van der Waals surface area contributed by atoms with Crippen molar-refractivity contribution in [1.29, 1.82) is 0 Å². The van der Waals surface area contributed by atoms with Gasteiger partial charge >= 0.3 is 0 Å². The van der Waals surface area contributed by atoms with Crippen LogP contribution < -0.4 is 4.72 Å². The SMILES string of the molecule is CC(=O)N1CCC(C)(NS(=O)[O-])CC1. The number of nitrogens with zero attached hydrogens (tertiary/aromatic N) is 1. The molecule has 1 unspecified atom stereocenters. The Morgan fingerprint density at radius 3 is 2.36 bits per heavy atom. The molecule has 6 heteroatoms.